The predicted octanol–water partition coefficient (Wildman–Crippen LogP) is 12.8. The van der Waals surface area contributed by atoms with E-state index in [4.69, 9.17) is 18.5 Å². The molecule has 0 aliphatic heterocycles. The van der Waals surface area contributed by atoms with Crippen molar-refractivity contribution in [2.75, 3.05) is 47.5 Å². The zero-order chi connectivity index (χ0) is 42.8. The Bertz CT molecular complexity index is 1260. The highest BCUT2D eigenvalue weighted by atomic mass is 31.2. The molecule has 9 nitrogen and oxygen atoms in total. The molecule has 0 aliphatic rings. The highest BCUT2D eigenvalue weighted by molar-refractivity contribution is 7.47. The largest absolute Gasteiger partial charge is 0.472 e. The summed E-state index contributed by atoms with van der Waals surface area (Å²) in [5.41, 5.74) is 0. The summed E-state index contributed by atoms with van der Waals surface area (Å²) in [6, 6.07) is 0. The number of quaternary nitrogens is 1. The lowest BCUT2D eigenvalue weighted by Gasteiger charge is -2.24. The Morgan fingerprint density at radius 2 is 0.983 bits per heavy atom. The number of carbonyl (C=O) groups is 2. The Morgan fingerprint density at radius 3 is 1.45 bits per heavy atom. The number of hydrogen-bond acceptors (Lipinski definition) is 7. The molecule has 0 saturated carbocycles. The topological polar surface area (TPSA) is 108 Å². The van der Waals surface area contributed by atoms with Crippen LogP contribution in [0, 0.1) is 0 Å². The van der Waals surface area contributed by atoms with Crippen LogP contribution in [0.25, 0.3) is 0 Å². The van der Waals surface area contributed by atoms with Crippen molar-refractivity contribution < 1.29 is 42.1 Å². The number of ether oxygens (including phenoxy) is 2. The van der Waals surface area contributed by atoms with Gasteiger partial charge in [-0.1, -0.05) is 163 Å². The maximum absolute atomic E-state index is 12.7. The van der Waals surface area contributed by atoms with Crippen LogP contribution in [0.3, 0.4) is 0 Å². The third-order valence-electron chi connectivity index (χ3n) is 8.94. The van der Waals surface area contributed by atoms with Crippen LogP contribution >= 0.6 is 7.82 Å². The van der Waals surface area contributed by atoms with Gasteiger partial charge >= 0.3 is 19.8 Å². The molecule has 58 heavy (non-hydrogen) atoms. The molecule has 0 fully saturated rings. The number of hydrogen-bond donors (Lipinski definition) is 1. The van der Waals surface area contributed by atoms with Crippen molar-refractivity contribution in [3.63, 3.8) is 0 Å². The summed E-state index contributed by atoms with van der Waals surface area (Å²) in [4.78, 5) is 35.3. The molecular weight excluding hydrogens is 750 g/mol. The van der Waals surface area contributed by atoms with Crippen LogP contribution in [0.1, 0.15) is 155 Å². The van der Waals surface area contributed by atoms with Crippen molar-refractivity contribution in [1.82, 2.24) is 0 Å². The van der Waals surface area contributed by atoms with Crippen molar-refractivity contribution >= 4 is 19.8 Å². The van der Waals surface area contributed by atoms with Crippen molar-refractivity contribution in [1.29, 1.82) is 0 Å². The minimum atomic E-state index is -4.39. The first-order valence-electron chi connectivity index (χ1n) is 22.3. The predicted molar refractivity (Wildman–Crippen MR) is 242 cm³/mol. The van der Waals surface area contributed by atoms with Gasteiger partial charge < -0.3 is 18.9 Å². The van der Waals surface area contributed by atoms with Gasteiger partial charge in [-0.3, -0.25) is 18.6 Å². The molecule has 0 aliphatic carbocycles. The van der Waals surface area contributed by atoms with Gasteiger partial charge in [-0.25, -0.2) is 4.57 Å². The minimum absolute atomic E-state index is 0.0171. The molecule has 0 amide bonds. The number of carbonyl (C=O) groups excluding carboxylic acids is 2. The monoisotopic (exact) mass is 833 g/mol. The lowest BCUT2D eigenvalue weighted by molar-refractivity contribution is -0.870. The molecule has 0 rings (SSSR count). The summed E-state index contributed by atoms with van der Waals surface area (Å²) < 4.78 is 34.2. The number of nitrogens with zero attached hydrogens (tertiary/aromatic N) is 1. The normalized spacial score (nSPS) is 14.4. The van der Waals surface area contributed by atoms with Gasteiger partial charge in [0.15, 0.2) is 6.10 Å². The first-order chi connectivity index (χ1) is 28.0. The summed E-state index contributed by atoms with van der Waals surface area (Å²) in [7, 11) is 1.43. The molecule has 0 bridgehead atoms. The van der Waals surface area contributed by atoms with E-state index >= 15 is 0 Å². The number of esters is 2. The van der Waals surface area contributed by atoms with Crippen LogP contribution in [0.2, 0.25) is 0 Å². The number of phosphoric acid groups is 1. The van der Waals surface area contributed by atoms with Crippen LogP contribution in [0.15, 0.2) is 85.1 Å². The van der Waals surface area contributed by atoms with E-state index in [1.807, 2.05) is 27.2 Å². The highest BCUT2D eigenvalue weighted by Crippen LogP contribution is 2.43. The van der Waals surface area contributed by atoms with E-state index in [1.165, 1.54) is 51.4 Å². The smallest absolute Gasteiger partial charge is 0.462 e. The Morgan fingerprint density at radius 1 is 0.552 bits per heavy atom. The van der Waals surface area contributed by atoms with Crippen LogP contribution in [-0.2, 0) is 32.7 Å². The molecule has 1 N–H and O–H groups in total. The quantitative estimate of drug-likeness (QED) is 0.0214. The Kier molecular flexibility index (Phi) is 37.7. The van der Waals surface area contributed by atoms with Gasteiger partial charge in [0.2, 0.25) is 0 Å². The number of phosphoric ester groups is 1. The van der Waals surface area contributed by atoms with Crippen molar-refractivity contribution in [3.05, 3.63) is 85.1 Å². The number of rotatable bonds is 39. The van der Waals surface area contributed by atoms with E-state index in [9.17, 15) is 19.0 Å². The fourth-order valence-corrected chi connectivity index (χ4v) is 6.21. The summed E-state index contributed by atoms with van der Waals surface area (Å²) in [5, 5.41) is 0. The Hall–Kier alpha value is -2.81. The van der Waals surface area contributed by atoms with Gasteiger partial charge in [-0.05, 0) is 64.2 Å². The van der Waals surface area contributed by atoms with Gasteiger partial charge in [0.1, 0.15) is 19.8 Å². The van der Waals surface area contributed by atoms with E-state index in [0.717, 1.165) is 64.2 Å². The summed E-state index contributed by atoms with van der Waals surface area (Å²) in [5.74, 6) is -0.875. The second kappa shape index (κ2) is 39.6. The number of likely N-dealkylation sites (N-methyl/N-ethyl adjacent to an activating group) is 1. The zero-order valence-corrected chi connectivity index (χ0v) is 38.1. The fourth-order valence-electron chi connectivity index (χ4n) is 5.47. The van der Waals surface area contributed by atoms with E-state index in [1.54, 1.807) is 0 Å². The standard InChI is InChI=1S/C48H82NO8P/c1-6-8-10-12-14-16-18-19-20-21-22-23-24-25-26-27-28-29-31-33-35-37-39-41-48(51)57-46(45-56-58(52,53)55-43-42-49(3,4)5)44-54-47(50)40-38-36-34-32-30-17-15-13-11-9-7-2/h8,10,14,16,19-20,22-23,25-26,28-29,33,35,46H,6-7,9,11-13,15,17-18,21,24,27,30-32,34,36-45H2,1-5H3/p+1/b10-8-,16-14-,20-19-,23-22-,26-25-,29-28-,35-33-. The molecule has 2 atom stereocenters. The van der Waals surface area contributed by atoms with Gasteiger partial charge in [0.25, 0.3) is 0 Å². The average molecular weight is 833 g/mol. The van der Waals surface area contributed by atoms with Crippen molar-refractivity contribution in [3.8, 4) is 0 Å². The highest BCUT2D eigenvalue weighted by Gasteiger charge is 2.27. The number of allylic oxidation sites excluding steroid dienone is 14. The average Bonchev–Trinajstić information content (AvgIpc) is 3.17. The Balaban J connectivity index is 4.45. The molecule has 332 valence electrons. The van der Waals surface area contributed by atoms with E-state index in [-0.39, 0.29) is 32.0 Å². The molecule has 0 aromatic rings. The van der Waals surface area contributed by atoms with E-state index < -0.39 is 26.5 Å². The van der Waals surface area contributed by atoms with Crippen molar-refractivity contribution in [2.24, 2.45) is 0 Å². The van der Waals surface area contributed by atoms with E-state index in [0.29, 0.717) is 23.9 Å². The van der Waals surface area contributed by atoms with Crippen LogP contribution in [0.5, 0.6) is 0 Å². The van der Waals surface area contributed by atoms with E-state index in [2.05, 4.69) is 92.8 Å². The van der Waals surface area contributed by atoms with Crippen LogP contribution < -0.4 is 0 Å². The van der Waals surface area contributed by atoms with Crippen molar-refractivity contribution in [2.45, 2.75) is 161 Å². The summed E-state index contributed by atoms with van der Waals surface area (Å²) in [6.07, 6.45) is 50.7. The van der Waals surface area contributed by atoms with Gasteiger partial charge in [0.05, 0.1) is 27.7 Å². The molecule has 0 saturated heterocycles. The third kappa shape index (κ3) is 42.8. The molecule has 2 unspecified atom stereocenters. The first kappa shape index (κ1) is 55.2. The molecule has 10 heteroatoms. The lowest BCUT2D eigenvalue weighted by atomic mass is 10.1. The van der Waals surface area contributed by atoms with Gasteiger partial charge in [0, 0.05) is 12.8 Å². The minimum Gasteiger partial charge on any atom is -0.462 e. The lowest BCUT2D eigenvalue weighted by Crippen LogP contribution is -2.37. The Labute approximate surface area is 354 Å². The fraction of sp³-hybridized carbons (Fsp3) is 0.667. The molecule has 0 radical (unpaired) electrons. The second-order valence-corrected chi connectivity index (χ2v) is 17.2. The molecule has 0 aromatic carbocycles. The first-order valence-corrected chi connectivity index (χ1v) is 23.8. The molecule has 0 aromatic heterocycles. The molecule has 0 spiro atoms. The van der Waals surface area contributed by atoms with Crippen LogP contribution in [-0.4, -0.2) is 74.9 Å². The second-order valence-electron chi connectivity index (χ2n) is 15.7. The van der Waals surface area contributed by atoms with Crippen LogP contribution in [0.4, 0.5) is 0 Å². The zero-order valence-electron chi connectivity index (χ0n) is 37.2. The maximum atomic E-state index is 12.7. The van der Waals surface area contributed by atoms with Gasteiger partial charge in [-0.2, -0.15) is 0 Å². The summed E-state index contributed by atoms with van der Waals surface area (Å²) >= 11 is 0. The third-order valence-corrected chi connectivity index (χ3v) is 9.92. The number of unbranched alkanes of at least 4 members (excludes halogenated alkanes) is 11. The maximum Gasteiger partial charge on any atom is 0.472 e. The van der Waals surface area contributed by atoms with Gasteiger partial charge in [-0.15, -0.1) is 0 Å². The summed E-state index contributed by atoms with van der Waals surface area (Å²) in [6.45, 7) is 4.21. The molecular formula is C48H83NO8P+. The SMILES string of the molecule is CC/C=C\C/C=C\C/C=C\C/C=C\C/C=C\C/C=C\C/C=C\CCCC(=O)OC(COC(=O)CCCCCCCCCCCCC)COP(=O)(O)OCC[N+](C)(C)C. The molecule has 0 heterocycles.